The van der Waals surface area contributed by atoms with Crippen LogP contribution in [0.1, 0.15) is 23.6 Å². The minimum absolute atomic E-state index is 0.349. The lowest BCUT2D eigenvalue weighted by Crippen LogP contribution is -2.22. The van der Waals surface area contributed by atoms with E-state index in [-0.39, 0.29) is 0 Å². The zero-order valence-corrected chi connectivity index (χ0v) is 12.6. The Bertz CT molecular complexity index is 656. The molecule has 0 spiro atoms. The summed E-state index contributed by atoms with van der Waals surface area (Å²) in [4.78, 5) is 2.29. The van der Waals surface area contributed by atoms with E-state index in [1.54, 1.807) is 0 Å². The number of aryl methyl sites for hydroxylation is 1. The topological polar surface area (TPSA) is 53.0 Å². The highest BCUT2D eigenvalue weighted by molar-refractivity contribution is 5.59. The molecule has 0 unspecified atom stereocenters. The molecule has 3 nitrogen and oxygen atoms in total. The van der Waals surface area contributed by atoms with Crippen LogP contribution in [0.15, 0.2) is 42.5 Å². The van der Waals surface area contributed by atoms with Crippen molar-refractivity contribution in [1.29, 1.82) is 5.26 Å². The normalized spacial score (nSPS) is 10.1. The zero-order chi connectivity index (χ0) is 15.2. The Labute approximate surface area is 126 Å². The second-order valence-corrected chi connectivity index (χ2v) is 5.16. The maximum absolute atomic E-state index is 8.88. The van der Waals surface area contributed by atoms with Gasteiger partial charge in [0.05, 0.1) is 12.5 Å². The first-order chi connectivity index (χ1) is 10.2. The third-order valence-corrected chi connectivity index (χ3v) is 3.77. The van der Waals surface area contributed by atoms with E-state index in [0.717, 1.165) is 24.3 Å². The highest BCUT2D eigenvalue weighted by Crippen LogP contribution is 2.24. The first-order valence-electron chi connectivity index (χ1n) is 7.20. The second-order valence-electron chi connectivity index (χ2n) is 5.16. The van der Waals surface area contributed by atoms with Gasteiger partial charge in [0, 0.05) is 24.5 Å². The Morgan fingerprint density at radius 3 is 2.57 bits per heavy atom. The largest absolute Gasteiger partial charge is 0.398 e. The minimum Gasteiger partial charge on any atom is -0.398 e. The summed E-state index contributed by atoms with van der Waals surface area (Å²) in [5.41, 5.74) is 11.2. The van der Waals surface area contributed by atoms with Crippen LogP contribution in [0.4, 0.5) is 11.4 Å². The number of nitriles is 1. The van der Waals surface area contributed by atoms with Gasteiger partial charge in [0.25, 0.3) is 0 Å². The lowest BCUT2D eigenvalue weighted by molar-refractivity contribution is 0.826. The van der Waals surface area contributed by atoms with E-state index < -0.39 is 0 Å². The number of anilines is 2. The van der Waals surface area contributed by atoms with Gasteiger partial charge in [0.1, 0.15) is 0 Å². The number of nitrogen functional groups attached to an aromatic ring is 1. The summed E-state index contributed by atoms with van der Waals surface area (Å²) in [6.45, 7) is 6.04. The molecule has 0 fully saturated rings. The molecule has 0 aliphatic rings. The number of nitrogens with zero attached hydrogens (tertiary/aromatic N) is 2. The van der Waals surface area contributed by atoms with Gasteiger partial charge in [-0.2, -0.15) is 5.26 Å². The second kappa shape index (κ2) is 6.81. The predicted octanol–water partition coefficient (Wildman–Crippen LogP) is 3.67. The molecular weight excluding hydrogens is 258 g/mol. The molecule has 0 aliphatic carbocycles. The van der Waals surface area contributed by atoms with Crippen molar-refractivity contribution in [3.63, 3.8) is 0 Å². The maximum atomic E-state index is 8.88. The molecule has 0 aromatic heterocycles. The molecule has 2 N–H and O–H groups in total. The van der Waals surface area contributed by atoms with Crippen LogP contribution in [-0.2, 0) is 13.0 Å². The van der Waals surface area contributed by atoms with Crippen LogP contribution in [0.2, 0.25) is 0 Å². The first-order valence-corrected chi connectivity index (χ1v) is 7.20. The monoisotopic (exact) mass is 279 g/mol. The molecule has 3 heteroatoms. The summed E-state index contributed by atoms with van der Waals surface area (Å²) >= 11 is 0. The average Bonchev–Trinajstić information content (AvgIpc) is 2.49. The summed E-state index contributed by atoms with van der Waals surface area (Å²) in [6.07, 6.45) is 0.349. The molecule has 2 aromatic rings. The minimum atomic E-state index is 0.349. The van der Waals surface area contributed by atoms with E-state index in [4.69, 9.17) is 11.0 Å². The van der Waals surface area contributed by atoms with E-state index in [9.17, 15) is 0 Å². The highest BCUT2D eigenvalue weighted by atomic mass is 15.1. The number of nitrogens with two attached hydrogens (primary N) is 1. The van der Waals surface area contributed by atoms with E-state index >= 15 is 0 Å². The van der Waals surface area contributed by atoms with Crippen molar-refractivity contribution >= 4 is 11.4 Å². The van der Waals surface area contributed by atoms with E-state index in [2.05, 4.69) is 49.1 Å². The maximum Gasteiger partial charge on any atom is 0.0670 e. The van der Waals surface area contributed by atoms with E-state index in [1.807, 2.05) is 18.2 Å². The molecule has 0 aliphatic heterocycles. The Morgan fingerprint density at radius 2 is 1.90 bits per heavy atom. The van der Waals surface area contributed by atoms with Crippen LogP contribution in [0.5, 0.6) is 0 Å². The van der Waals surface area contributed by atoms with Crippen LogP contribution in [0.25, 0.3) is 0 Å². The summed E-state index contributed by atoms with van der Waals surface area (Å²) in [7, 11) is 0. The summed E-state index contributed by atoms with van der Waals surface area (Å²) < 4.78 is 0. The van der Waals surface area contributed by atoms with Crippen LogP contribution >= 0.6 is 0 Å². The molecule has 0 radical (unpaired) electrons. The third-order valence-electron chi connectivity index (χ3n) is 3.77. The van der Waals surface area contributed by atoms with Crippen LogP contribution in [0.3, 0.4) is 0 Å². The molecule has 0 heterocycles. The van der Waals surface area contributed by atoms with Crippen molar-refractivity contribution in [3.8, 4) is 6.07 Å². The van der Waals surface area contributed by atoms with Crippen molar-refractivity contribution < 1.29 is 0 Å². The number of benzene rings is 2. The SMILES string of the molecule is CCN(Cc1ccccc1C)c1ccc(N)c(CC#N)c1. The summed E-state index contributed by atoms with van der Waals surface area (Å²) in [6, 6.07) is 16.5. The molecule has 0 amide bonds. The van der Waals surface area contributed by atoms with Gasteiger partial charge >= 0.3 is 0 Å². The van der Waals surface area contributed by atoms with Crippen molar-refractivity contribution in [1.82, 2.24) is 0 Å². The Hall–Kier alpha value is -2.47. The molecule has 108 valence electrons. The Morgan fingerprint density at radius 1 is 1.14 bits per heavy atom. The van der Waals surface area contributed by atoms with Gasteiger partial charge < -0.3 is 10.6 Å². The fraction of sp³-hybridized carbons (Fsp3) is 0.278. The summed E-state index contributed by atoms with van der Waals surface area (Å²) in [5.74, 6) is 0. The van der Waals surface area contributed by atoms with Crippen LogP contribution < -0.4 is 10.6 Å². The predicted molar refractivity (Wildman–Crippen MR) is 88.1 cm³/mol. The first kappa shape index (κ1) is 14.9. The van der Waals surface area contributed by atoms with Crippen molar-refractivity contribution in [2.24, 2.45) is 0 Å². The van der Waals surface area contributed by atoms with Gasteiger partial charge in [-0.3, -0.25) is 0 Å². The average molecular weight is 279 g/mol. The number of hydrogen-bond acceptors (Lipinski definition) is 3. The van der Waals surface area contributed by atoms with Crippen LogP contribution in [-0.4, -0.2) is 6.54 Å². The number of hydrogen-bond donors (Lipinski definition) is 1. The third kappa shape index (κ3) is 3.55. The quantitative estimate of drug-likeness (QED) is 0.850. The fourth-order valence-electron chi connectivity index (χ4n) is 2.41. The van der Waals surface area contributed by atoms with Gasteiger partial charge in [0.15, 0.2) is 0 Å². The molecule has 0 saturated carbocycles. The smallest absolute Gasteiger partial charge is 0.0670 e. The molecule has 0 bridgehead atoms. The molecule has 21 heavy (non-hydrogen) atoms. The van der Waals surface area contributed by atoms with Crippen LogP contribution in [0, 0.1) is 18.3 Å². The molecule has 0 atom stereocenters. The van der Waals surface area contributed by atoms with Gasteiger partial charge in [-0.25, -0.2) is 0 Å². The Kier molecular flexibility index (Phi) is 4.84. The number of rotatable bonds is 5. The lowest BCUT2D eigenvalue weighted by Gasteiger charge is -2.25. The molecular formula is C18H21N3. The fourth-order valence-corrected chi connectivity index (χ4v) is 2.41. The highest BCUT2D eigenvalue weighted by Gasteiger charge is 2.09. The molecule has 2 rings (SSSR count). The molecule has 2 aromatic carbocycles. The van der Waals surface area contributed by atoms with Gasteiger partial charge in [-0.1, -0.05) is 24.3 Å². The standard InChI is InChI=1S/C18H21N3/c1-3-21(13-16-7-5-4-6-14(16)2)17-8-9-18(20)15(12-17)10-11-19/h4-9,12H,3,10,13,20H2,1-2H3. The lowest BCUT2D eigenvalue weighted by atomic mass is 10.1. The van der Waals surface area contributed by atoms with Crippen molar-refractivity contribution in [2.45, 2.75) is 26.8 Å². The van der Waals surface area contributed by atoms with Crippen molar-refractivity contribution in [3.05, 3.63) is 59.2 Å². The Balaban J connectivity index is 2.28. The zero-order valence-electron chi connectivity index (χ0n) is 12.6. The summed E-state index contributed by atoms with van der Waals surface area (Å²) in [5, 5.41) is 8.88. The van der Waals surface area contributed by atoms with Gasteiger partial charge in [-0.05, 0) is 48.7 Å². The van der Waals surface area contributed by atoms with Crippen molar-refractivity contribution in [2.75, 3.05) is 17.2 Å². The van der Waals surface area contributed by atoms with E-state index in [1.165, 1.54) is 11.1 Å². The van der Waals surface area contributed by atoms with E-state index in [0.29, 0.717) is 12.1 Å². The van der Waals surface area contributed by atoms with Gasteiger partial charge in [0.2, 0.25) is 0 Å². The molecule has 0 saturated heterocycles. The van der Waals surface area contributed by atoms with Gasteiger partial charge in [-0.15, -0.1) is 0 Å².